The molecular formula is C14H8F3NO2S. The van der Waals surface area contributed by atoms with Gasteiger partial charge in [0.1, 0.15) is 22.3 Å². The third kappa shape index (κ3) is 3.23. The number of halogens is 3. The van der Waals surface area contributed by atoms with Crippen molar-refractivity contribution in [1.29, 1.82) is 5.26 Å². The second-order valence-corrected chi connectivity index (χ2v) is 6.21. The molecule has 0 N–H and O–H groups in total. The Morgan fingerprint density at radius 1 is 1.00 bits per heavy atom. The number of hydrogen-bond donors (Lipinski definition) is 0. The summed E-state index contributed by atoms with van der Waals surface area (Å²) in [6, 6.07) is 6.95. The zero-order valence-electron chi connectivity index (χ0n) is 10.5. The summed E-state index contributed by atoms with van der Waals surface area (Å²) in [5, 5.41) is 8.72. The summed E-state index contributed by atoms with van der Waals surface area (Å²) in [4.78, 5) is -0.843. The van der Waals surface area contributed by atoms with Gasteiger partial charge in [-0.3, -0.25) is 0 Å². The van der Waals surface area contributed by atoms with E-state index in [2.05, 4.69) is 0 Å². The molecule has 108 valence electrons. The van der Waals surface area contributed by atoms with Crippen LogP contribution in [-0.2, 0) is 15.6 Å². The summed E-state index contributed by atoms with van der Waals surface area (Å²) in [6.45, 7) is 0. The molecule has 21 heavy (non-hydrogen) atoms. The van der Waals surface area contributed by atoms with Crippen molar-refractivity contribution < 1.29 is 21.6 Å². The Hall–Kier alpha value is -2.33. The van der Waals surface area contributed by atoms with Crippen molar-refractivity contribution in [3.05, 3.63) is 65.0 Å². The third-order valence-corrected chi connectivity index (χ3v) is 4.42. The SMILES string of the molecule is N#Cc1ccc(F)c(CS(=O)(=O)c2cc(F)ccc2F)c1. The van der Waals surface area contributed by atoms with Crippen molar-refractivity contribution in [3.8, 4) is 6.07 Å². The third-order valence-electron chi connectivity index (χ3n) is 2.75. The average Bonchev–Trinajstić information content (AvgIpc) is 2.43. The smallest absolute Gasteiger partial charge is 0.185 e. The lowest BCUT2D eigenvalue weighted by Crippen LogP contribution is -2.09. The molecule has 2 aromatic carbocycles. The number of hydrogen-bond acceptors (Lipinski definition) is 3. The van der Waals surface area contributed by atoms with Crippen molar-refractivity contribution in [2.45, 2.75) is 10.6 Å². The van der Waals surface area contributed by atoms with Crippen molar-refractivity contribution in [1.82, 2.24) is 0 Å². The quantitative estimate of drug-likeness (QED) is 0.875. The Bertz CT molecular complexity index is 842. The maximum Gasteiger partial charge on any atom is 0.185 e. The van der Waals surface area contributed by atoms with Crippen LogP contribution < -0.4 is 0 Å². The molecule has 0 spiro atoms. The Labute approximate surface area is 119 Å². The van der Waals surface area contributed by atoms with E-state index in [-0.39, 0.29) is 11.1 Å². The van der Waals surface area contributed by atoms with Crippen LogP contribution in [-0.4, -0.2) is 8.42 Å². The van der Waals surface area contributed by atoms with Crippen molar-refractivity contribution >= 4 is 9.84 Å². The van der Waals surface area contributed by atoms with E-state index in [1.54, 1.807) is 6.07 Å². The standard InChI is InChI=1S/C14H8F3NO2S/c15-11-2-4-13(17)14(6-11)21(19,20)8-10-5-9(7-18)1-3-12(10)16/h1-6H,8H2. The van der Waals surface area contributed by atoms with E-state index >= 15 is 0 Å². The fraction of sp³-hybridized carbons (Fsp3) is 0.0714. The Kier molecular flexibility index (Phi) is 4.00. The zero-order chi connectivity index (χ0) is 15.6. The Balaban J connectivity index is 2.47. The maximum absolute atomic E-state index is 13.6. The van der Waals surface area contributed by atoms with E-state index in [1.165, 1.54) is 6.07 Å². The number of rotatable bonds is 3. The number of benzene rings is 2. The van der Waals surface area contributed by atoms with Crippen LogP contribution in [0.4, 0.5) is 13.2 Å². The Morgan fingerprint density at radius 3 is 2.33 bits per heavy atom. The molecular weight excluding hydrogens is 303 g/mol. The van der Waals surface area contributed by atoms with Gasteiger partial charge in [0.05, 0.1) is 17.4 Å². The normalized spacial score (nSPS) is 11.1. The van der Waals surface area contributed by atoms with Gasteiger partial charge in [-0.1, -0.05) is 0 Å². The molecule has 0 aliphatic rings. The topological polar surface area (TPSA) is 57.9 Å². The molecule has 0 unspecified atom stereocenters. The molecule has 7 heteroatoms. The zero-order valence-corrected chi connectivity index (χ0v) is 11.3. The molecule has 0 atom stereocenters. The highest BCUT2D eigenvalue weighted by Gasteiger charge is 2.22. The van der Waals surface area contributed by atoms with Crippen LogP contribution in [0.2, 0.25) is 0 Å². The lowest BCUT2D eigenvalue weighted by Gasteiger charge is -2.07. The van der Waals surface area contributed by atoms with Crippen molar-refractivity contribution in [2.24, 2.45) is 0 Å². The van der Waals surface area contributed by atoms with E-state index in [9.17, 15) is 21.6 Å². The van der Waals surface area contributed by atoms with Gasteiger partial charge in [-0.2, -0.15) is 5.26 Å². The second kappa shape index (κ2) is 5.58. The van der Waals surface area contributed by atoms with Crippen LogP contribution in [0.5, 0.6) is 0 Å². The minimum atomic E-state index is -4.28. The predicted octanol–water partition coefficient (Wildman–Crippen LogP) is 2.95. The van der Waals surface area contributed by atoms with Crippen LogP contribution in [0.1, 0.15) is 11.1 Å². The largest absolute Gasteiger partial charge is 0.223 e. The molecule has 0 fully saturated rings. The maximum atomic E-state index is 13.6. The van der Waals surface area contributed by atoms with E-state index in [0.29, 0.717) is 12.1 Å². The molecule has 0 saturated heterocycles. The van der Waals surface area contributed by atoms with Gasteiger partial charge in [0.25, 0.3) is 0 Å². The fourth-order valence-corrected chi connectivity index (χ4v) is 3.20. The molecule has 2 aromatic rings. The van der Waals surface area contributed by atoms with Gasteiger partial charge in [-0.15, -0.1) is 0 Å². The lowest BCUT2D eigenvalue weighted by molar-refractivity contribution is 0.551. The van der Waals surface area contributed by atoms with E-state index in [4.69, 9.17) is 5.26 Å². The van der Waals surface area contributed by atoms with Gasteiger partial charge in [0.15, 0.2) is 9.84 Å². The van der Waals surface area contributed by atoms with E-state index < -0.39 is 37.9 Å². The van der Waals surface area contributed by atoms with Crippen molar-refractivity contribution in [2.75, 3.05) is 0 Å². The number of sulfone groups is 1. The summed E-state index contributed by atoms with van der Waals surface area (Å²) in [5.74, 6) is -3.74. The predicted molar refractivity (Wildman–Crippen MR) is 68.4 cm³/mol. The van der Waals surface area contributed by atoms with Crippen LogP contribution in [0.15, 0.2) is 41.3 Å². The number of nitriles is 1. The first-order chi connectivity index (χ1) is 9.83. The minimum Gasteiger partial charge on any atom is -0.223 e. The van der Waals surface area contributed by atoms with E-state index in [0.717, 1.165) is 18.2 Å². The van der Waals surface area contributed by atoms with Gasteiger partial charge in [0, 0.05) is 5.56 Å². The highest BCUT2D eigenvalue weighted by Crippen LogP contribution is 2.22. The van der Waals surface area contributed by atoms with Crippen LogP contribution in [0.3, 0.4) is 0 Å². The minimum absolute atomic E-state index is 0.0707. The monoisotopic (exact) mass is 311 g/mol. The molecule has 0 heterocycles. The van der Waals surface area contributed by atoms with E-state index in [1.807, 2.05) is 0 Å². The molecule has 0 bridgehead atoms. The summed E-state index contributed by atoms with van der Waals surface area (Å²) in [7, 11) is -4.28. The first-order valence-corrected chi connectivity index (χ1v) is 7.35. The molecule has 0 aliphatic heterocycles. The van der Waals surface area contributed by atoms with Gasteiger partial charge >= 0.3 is 0 Å². The molecule has 0 amide bonds. The summed E-state index contributed by atoms with van der Waals surface area (Å²) in [6.07, 6.45) is 0. The number of nitrogens with zero attached hydrogens (tertiary/aromatic N) is 1. The summed E-state index contributed by atoms with van der Waals surface area (Å²) < 4.78 is 64.3. The molecule has 0 aliphatic carbocycles. The van der Waals surface area contributed by atoms with Gasteiger partial charge in [0.2, 0.25) is 0 Å². The first kappa shape index (κ1) is 15.1. The van der Waals surface area contributed by atoms with Gasteiger partial charge in [-0.05, 0) is 36.4 Å². The van der Waals surface area contributed by atoms with Gasteiger partial charge < -0.3 is 0 Å². The fourth-order valence-electron chi connectivity index (χ4n) is 1.75. The van der Waals surface area contributed by atoms with Crippen LogP contribution in [0, 0.1) is 28.8 Å². The molecule has 0 aromatic heterocycles. The van der Waals surface area contributed by atoms with Crippen LogP contribution in [0.25, 0.3) is 0 Å². The summed E-state index contributed by atoms with van der Waals surface area (Å²) >= 11 is 0. The molecule has 0 saturated carbocycles. The Morgan fingerprint density at radius 2 is 1.67 bits per heavy atom. The lowest BCUT2D eigenvalue weighted by atomic mass is 10.1. The second-order valence-electron chi connectivity index (χ2n) is 4.25. The summed E-state index contributed by atoms with van der Waals surface area (Å²) in [5.41, 5.74) is -0.209. The molecule has 3 nitrogen and oxygen atoms in total. The molecule has 2 rings (SSSR count). The van der Waals surface area contributed by atoms with Gasteiger partial charge in [-0.25, -0.2) is 21.6 Å². The highest BCUT2D eigenvalue weighted by molar-refractivity contribution is 7.90. The molecule has 0 radical (unpaired) electrons. The van der Waals surface area contributed by atoms with Crippen LogP contribution >= 0.6 is 0 Å². The average molecular weight is 311 g/mol. The highest BCUT2D eigenvalue weighted by atomic mass is 32.2. The van der Waals surface area contributed by atoms with Crippen molar-refractivity contribution in [3.63, 3.8) is 0 Å². The first-order valence-electron chi connectivity index (χ1n) is 5.70.